The maximum atomic E-state index is 13.1. The van der Waals surface area contributed by atoms with Gasteiger partial charge in [0, 0.05) is 30.9 Å². The van der Waals surface area contributed by atoms with Crippen molar-refractivity contribution < 1.29 is 13.2 Å². The first-order chi connectivity index (χ1) is 12.3. The molecule has 1 heterocycles. The summed E-state index contributed by atoms with van der Waals surface area (Å²) in [6, 6.07) is 16.6. The monoisotopic (exact) mass is 373 g/mol. The number of amides is 1. The van der Waals surface area contributed by atoms with Crippen LogP contribution in [-0.2, 0) is 10.0 Å². The van der Waals surface area contributed by atoms with Crippen LogP contribution in [0.3, 0.4) is 0 Å². The molecule has 6 nitrogen and oxygen atoms in total. The maximum Gasteiger partial charge on any atom is 0.254 e. The summed E-state index contributed by atoms with van der Waals surface area (Å²) in [6.07, 6.45) is 1.09. The molecule has 0 bridgehead atoms. The van der Waals surface area contributed by atoms with Crippen LogP contribution < -0.4 is 4.72 Å². The number of hydrogen-bond donors (Lipinski definition) is 1. The van der Waals surface area contributed by atoms with E-state index in [4.69, 9.17) is 0 Å². The van der Waals surface area contributed by atoms with Gasteiger partial charge in [0.1, 0.15) is 0 Å². The van der Waals surface area contributed by atoms with Crippen LogP contribution in [0.5, 0.6) is 0 Å². The zero-order valence-corrected chi connectivity index (χ0v) is 15.7. The molecule has 3 rings (SSSR count). The first-order valence-corrected chi connectivity index (χ1v) is 10.3. The van der Waals surface area contributed by atoms with Gasteiger partial charge >= 0.3 is 0 Å². The molecule has 1 fully saturated rings. The minimum Gasteiger partial charge on any atom is -0.329 e. The Balaban J connectivity index is 1.88. The van der Waals surface area contributed by atoms with Crippen molar-refractivity contribution >= 4 is 21.6 Å². The summed E-state index contributed by atoms with van der Waals surface area (Å²) in [7, 11) is -1.34. The highest BCUT2D eigenvalue weighted by Crippen LogP contribution is 2.27. The highest BCUT2D eigenvalue weighted by molar-refractivity contribution is 7.92. The molecule has 1 aliphatic rings. The van der Waals surface area contributed by atoms with Crippen LogP contribution in [-0.4, -0.2) is 57.1 Å². The molecule has 0 unspecified atom stereocenters. The lowest BCUT2D eigenvalue weighted by Gasteiger charge is -2.40. The summed E-state index contributed by atoms with van der Waals surface area (Å²) in [5, 5.41) is 0. The second kappa shape index (κ2) is 7.47. The van der Waals surface area contributed by atoms with Crippen LogP contribution in [0.15, 0.2) is 54.6 Å². The molecule has 1 N–H and O–H groups in total. The minimum absolute atomic E-state index is 0.0334. The largest absolute Gasteiger partial charge is 0.329 e. The third-order valence-electron chi connectivity index (χ3n) is 4.44. The van der Waals surface area contributed by atoms with E-state index in [-0.39, 0.29) is 11.9 Å². The lowest BCUT2D eigenvalue weighted by molar-refractivity contribution is 0.0498. The highest BCUT2D eigenvalue weighted by atomic mass is 32.2. The summed E-state index contributed by atoms with van der Waals surface area (Å²) in [6.45, 7) is 2.19. The van der Waals surface area contributed by atoms with Crippen LogP contribution in [0.25, 0.3) is 0 Å². The van der Waals surface area contributed by atoms with Crippen LogP contribution >= 0.6 is 0 Å². The van der Waals surface area contributed by atoms with Crippen molar-refractivity contribution in [2.75, 3.05) is 37.7 Å². The number of rotatable bonds is 4. The zero-order chi connectivity index (χ0) is 18.7. The normalized spacial score (nSPS) is 18.5. The van der Waals surface area contributed by atoms with Crippen molar-refractivity contribution in [3.63, 3.8) is 0 Å². The Morgan fingerprint density at radius 1 is 1.08 bits per heavy atom. The highest BCUT2D eigenvalue weighted by Gasteiger charge is 2.30. The lowest BCUT2D eigenvalue weighted by atomic mass is 10.0. The molecule has 26 heavy (non-hydrogen) atoms. The standard InChI is InChI=1S/C19H23N3O3S/c1-21-11-12-22(18(14-21)15-7-4-3-5-8-15)19(23)16-9-6-10-17(13-16)20-26(2,24)25/h3-10,13,18,20H,11-12,14H2,1-2H3/t18-/m0/s1. The van der Waals surface area contributed by atoms with E-state index in [2.05, 4.69) is 16.7 Å². The quantitative estimate of drug-likeness (QED) is 0.892. The second-order valence-corrected chi connectivity index (χ2v) is 8.39. The summed E-state index contributed by atoms with van der Waals surface area (Å²) in [5.41, 5.74) is 1.96. The van der Waals surface area contributed by atoms with Gasteiger partial charge in [-0.3, -0.25) is 9.52 Å². The van der Waals surface area contributed by atoms with Gasteiger partial charge in [0.05, 0.1) is 12.3 Å². The van der Waals surface area contributed by atoms with Crippen molar-refractivity contribution in [1.29, 1.82) is 0 Å². The number of hydrogen-bond acceptors (Lipinski definition) is 4. The van der Waals surface area contributed by atoms with Gasteiger partial charge in [-0.2, -0.15) is 0 Å². The number of likely N-dealkylation sites (N-methyl/N-ethyl adjacent to an activating group) is 1. The molecule has 2 aromatic rings. The number of carbonyl (C=O) groups is 1. The van der Waals surface area contributed by atoms with Gasteiger partial charge in [0.2, 0.25) is 10.0 Å². The number of nitrogens with zero attached hydrogens (tertiary/aromatic N) is 2. The average molecular weight is 373 g/mol. The Hall–Kier alpha value is -2.38. The molecule has 1 saturated heterocycles. The topological polar surface area (TPSA) is 69.7 Å². The number of sulfonamides is 1. The molecular formula is C19H23N3O3S. The van der Waals surface area contributed by atoms with Crippen molar-refractivity contribution in [2.24, 2.45) is 0 Å². The molecule has 0 spiro atoms. The van der Waals surface area contributed by atoms with E-state index in [0.29, 0.717) is 17.8 Å². The van der Waals surface area contributed by atoms with Gasteiger partial charge in [0.15, 0.2) is 0 Å². The maximum absolute atomic E-state index is 13.1. The molecule has 138 valence electrons. The minimum atomic E-state index is -3.39. The Labute approximate surface area is 154 Å². The van der Waals surface area contributed by atoms with E-state index in [0.717, 1.165) is 24.9 Å². The van der Waals surface area contributed by atoms with Gasteiger partial charge in [0.25, 0.3) is 5.91 Å². The molecule has 1 atom stereocenters. The molecule has 0 aromatic heterocycles. The third kappa shape index (κ3) is 4.42. The van der Waals surface area contributed by atoms with Crippen molar-refractivity contribution in [2.45, 2.75) is 6.04 Å². The average Bonchev–Trinajstić information content (AvgIpc) is 2.60. The molecule has 1 aliphatic heterocycles. The van der Waals surface area contributed by atoms with E-state index in [1.54, 1.807) is 24.3 Å². The lowest BCUT2D eigenvalue weighted by Crippen LogP contribution is -2.49. The zero-order valence-electron chi connectivity index (χ0n) is 14.9. The third-order valence-corrected chi connectivity index (χ3v) is 5.05. The van der Waals surface area contributed by atoms with E-state index < -0.39 is 10.0 Å². The van der Waals surface area contributed by atoms with Gasteiger partial charge in [-0.25, -0.2) is 8.42 Å². The SMILES string of the molecule is CN1CCN(C(=O)c2cccc(NS(C)(=O)=O)c2)[C@H](c2ccccc2)C1. The van der Waals surface area contributed by atoms with Crippen LogP contribution in [0.1, 0.15) is 22.0 Å². The van der Waals surface area contributed by atoms with Crippen molar-refractivity contribution in [3.8, 4) is 0 Å². The molecular weight excluding hydrogens is 350 g/mol. The molecule has 0 aliphatic carbocycles. The van der Waals surface area contributed by atoms with E-state index in [1.165, 1.54) is 0 Å². The van der Waals surface area contributed by atoms with Crippen LogP contribution in [0, 0.1) is 0 Å². The predicted octanol–water partition coefficient (Wildman–Crippen LogP) is 2.19. The van der Waals surface area contributed by atoms with E-state index in [1.807, 2.05) is 35.2 Å². The second-order valence-electron chi connectivity index (χ2n) is 6.64. The first-order valence-electron chi connectivity index (χ1n) is 8.46. The fourth-order valence-corrected chi connectivity index (χ4v) is 3.77. The van der Waals surface area contributed by atoms with Crippen molar-refractivity contribution in [3.05, 3.63) is 65.7 Å². The van der Waals surface area contributed by atoms with E-state index >= 15 is 0 Å². The van der Waals surface area contributed by atoms with Gasteiger partial charge in [-0.15, -0.1) is 0 Å². The summed E-state index contributed by atoms with van der Waals surface area (Å²) < 4.78 is 25.3. The number of benzene rings is 2. The van der Waals surface area contributed by atoms with Gasteiger partial charge in [-0.05, 0) is 30.8 Å². The number of piperazine rings is 1. The fraction of sp³-hybridized carbons (Fsp3) is 0.316. The number of anilines is 1. The summed E-state index contributed by atoms with van der Waals surface area (Å²) in [5.74, 6) is -0.0934. The van der Waals surface area contributed by atoms with Gasteiger partial charge in [-0.1, -0.05) is 36.4 Å². The summed E-state index contributed by atoms with van der Waals surface area (Å²) >= 11 is 0. The van der Waals surface area contributed by atoms with Crippen LogP contribution in [0.4, 0.5) is 5.69 Å². The van der Waals surface area contributed by atoms with Crippen LogP contribution in [0.2, 0.25) is 0 Å². The predicted molar refractivity (Wildman–Crippen MR) is 103 cm³/mol. The molecule has 2 aromatic carbocycles. The number of carbonyl (C=O) groups excluding carboxylic acids is 1. The van der Waals surface area contributed by atoms with Gasteiger partial charge < -0.3 is 9.80 Å². The Bertz CT molecular complexity index is 884. The number of nitrogens with one attached hydrogen (secondary N) is 1. The Morgan fingerprint density at radius 3 is 2.50 bits per heavy atom. The fourth-order valence-electron chi connectivity index (χ4n) is 3.22. The first kappa shape index (κ1) is 18.4. The molecule has 0 saturated carbocycles. The molecule has 7 heteroatoms. The Morgan fingerprint density at radius 2 is 1.81 bits per heavy atom. The smallest absolute Gasteiger partial charge is 0.254 e. The summed E-state index contributed by atoms with van der Waals surface area (Å²) in [4.78, 5) is 17.2. The van der Waals surface area contributed by atoms with Crippen molar-refractivity contribution in [1.82, 2.24) is 9.80 Å². The molecule has 1 amide bonds. The van der Waals surface area contributed by atoms with E-state index in [9.17, 15) is 13.2 Å². The Kier molecular flexibility index (Phi) is 5.29. The molecule has 0 radical (unpaired) electrons.